The van der Waals surface area contributed by atoms with Crippen LogP contribution in [-0.2, 0) is 36.8 Å². The van der Waals surface area contributed by atoms with Gasteiger partial charge in [0.1, 0.15) is 0 Å². The second-order valence-corrected chi connectivity index (χ2v) is 26.7. The van der Waals surface area contributed by atoms with Crippen LogP contribution in [0.15, 0.2) is 72.8 Å². The predicted molar refractivity (Wildman–Crippen MR) is 247 cm³/mol. The van der Waals surface area contributed by atoms with E-state index in [2.05, 4.69) is 163 Å². The fraction of sp³-hybridized carbons (Fsp3) is 0.520. The average molecular weight is 817 g/mol. The van der Waals surface area contributed by atoms with Gasteiger partial charge >= 0.3 is 349 Å². The fourth-order valence-corrected chi connectivity index (χ4v) is 12.4. The van der Waals surface area contributed by atoms with E-state index >= 15 is 0 Å². The summed E-state index contributed by atoms with van der Waals surface area (Å²) in [7, 11) is -8.30. The van der Waals surface area contributed by atoms with E-state index < -0.39 is 26.7 Å². The predicted octanol–water partition coefficient (Wildman–Crippen LogP) is 13.7. The van der Waals surface area contributed by atoms with Gasteiger partial charge in [-0.05, 0) is 0 Å². The molecule has 0 unspecified atom stereocenters. The van der Waals surface area contributed by atoms with Gasteiger partial charge < -0.3 is 0 Å². The molecule has 2 N–H and O–H groups in total. The van der Waals surface area contributed by atoms with Gasteiger partial charge in [0.15, 0.2) is 0 Å². The summed E-state index contributed by atoms with van der Waals surface area (Å²) < 4.78 is 21.1. The van der Waals surface area contributed by atoms with Crippen LogP contribution in [0.25, 0.3) is 0 Å². The van der Waals surface area contributed by atoms with E-state index in [1.54, 1.807) is 0 Å². The Morgan fingerprint density at radius 2 is 0.719 bits per heavy atom. The maximum atomic E-state index is 14.1. The van der Waals surface area contributed by atoms with E-state index in [-0.39, 0.29) is 21.7 Å². The van der Waals surface area contributed by atoms with Gasteiger partial charge in [0.2, 0.25) is 0 Å². The summed E-state index contributed by atoms with van der Waals surface area (Å²) in [4.78, 5) is 28.2. The van der Waals surface area contributed by atoms with Gasteiger partial charge in [-0.25, -0.2) is 0 Å². The summed E-state index contributed by atoms with van der Waals surface area (Å²) in [5, 5.41) is 0.685. The molecule has 4 rings (SSSR count). The summed E-state index contributed by atoms with van der Waals surface area (Å²) in [6.07, 6.45) is 0. The molecule has 0 aliphatic carbocycles. The molecule has 4 aromatic rings. The molecule has 0 aliphatic rings. The Morgan fingerprint density at radius 1 is 0.404 bits per heavy atom. The van der Waals surface area contributed by atoms with Crippen LogP contribution >= 0.6 is 15.9 Å². The minimum atomic E-state index is -5.75. The standard InChI is InChI=1S/C50H74O5P2/c1-33-21-25-41(37(29-33)47(9,10)11)53-56(54-42-26-22-34(2)30-38(42)48(12,13)14)55-57(51,52,43-27-23-35(45(3,4)5)31-39(43)49(15,16)17)44-28-24-36(46(6,7)8)32-40(44)50(18,19)20/h21-32,51-52H,1-20H3. The fourth-order valence-electron chi connectivity index (χ4n) is 7.09. The third-order valence-corrected chi connectivity index (χ3v) is 15.6. The van der Waals surface area contributed by atoms with Crippen LogP contribution in [-0.4, -0.2) is 9.79 Å². The monoisotopic (exact) mass is 817 g/mol. The summed E-state index contributed by atoms with van der Waals surface area (Å²) in [6.45, 7) is 42.7. The van der Waals surface area contributed by atoms with Crippen molar-refractivity contribution >= 4 is 26.5 Å². The van der Waals surface area contributed by atoms with Crippen molar-refractivity contribution in [1.82, 2.24) is 0 Å². The second-order valence-electron chi connectivity index (χ2n) is 22.4. The molecule has 0 radical (unpaired) electrons. The van der Waals surface area contributed by atoms with Crippen molar-refractivity contribution in [2.75, 3.05) is 0 Å². The Kier molecular flexibility index (Phi) is 12.6. The third kappa shape index (κ3) is 10.5. The van der Waals surface area contributed by atoms with Crippen molar-refractivity contribution < 1.29 is 23.1 Å². The molecule has 5 nitrogen and oxygen atoms in total. The number of rotatable bonds is 8. The molecule has 7 heteroatoms. The Balaban J connectivity index is 2.21. The second kappa shape index (κ2) is 15.4. The van der Waals surface area contributed by atoms with Gasteiger partial charge in [0.25, 0.3) is 0 Å². The molecule has 314 valence electrons. The first-order valence-electron chi connectivity index (χ1n) is 20.4. The summed E-state index contributed by atoms with van der Waals surface area (Å²) >= 11 is 0. The molecular formula is C50H74O5P2. The van der Waals surface area contributed by atoms with Crippen LogP contribution in [0.2, 0.25) is 0 Å². The van der Waals surface area contributed by atoms with Gasteiger partial charge in [-0.15, -0.1) is 0 Å². The first kappa shape index (κ1) is 46.9. The van der Waals surface area contributed by atoms with Crippen molar-refractivity contribution in [2.24, 2.45) is 0 Å². The van der Waals surface area contributed by atoms with Crippen molar-refractivity contribution in [3.63, 3.8) is 0 Å². The molecule has 0 heterocycles. The topological polar surface area (TPSA) is 68.2 Å². The van der Waals surface area contributed by atoms with Crippen molar-refractivity contribution in [1.29, 1.82) is 0 Å². The quantitative estimate of drug-likeness (QED) is 0.173. The molecule has 0 atom stereocenters. The Labute approximate surface area is 348 Å². The number of hydrogen-bond donors (Lipinski definition) is 2. The van der Waals surface area contributed by atoms with Crippen LogP contribution in [0.1, 0.15) is 169 Å². The van der Waals surface area contributed by atoms with Crippen LogP contribution in [0.5, 0.6) is 11.5 Å². The van der Waals surface area contributed by atoms with Crippen molar-refractivity contribution in [3.8, 4) is 11.5 Å². The maximum absolute atomic E-state index is 14.1. The van der Waals surface area contributed by atoms with Crippen LogP contribution in [0.4, 0.5) is 0 Å². The Hall–Kier alpha value is -2.78. The number of aryl methyl sites for hydroxylation is 2. The molecular weight excluding hydrogens is 742 g/mol. The molecule has 0 spiro atoms. The van der Waals surface area contributed by atoms with E-state index in [0.717, 1.165) is 44.5 Å². The van der Waals surface area contributed by atoms with Gasteiger partial charge in [0.05, 0.1) is 0 Å². The molecule has 0 saturated heterocycles. The van der Waals surface area contributed by atoms with E-state index in [0.29, 0.717) is 22.1 Å². The summed E-state index contributed by atoms with van der Waals surface area (Å²) in [6, 6.07) is 24.2. The number of hydrogen-bond acceptors (Lipinski definition) is 5. The van der Waals surface area contributed by atoms with Crippen molar-refractivity contribution in [3.05, 3.63) is 117 Å². The zero-order chi connectivity index (χ0) is 43.6. The van der Waals surface area contributed by atoms with Crippen LogP contribution in [0.3, 0.4) is 0 Å². The van der Waals surface area contributed by atoms with E-state index in [4.69, 9.17) is 13.4 Å². The Bertz CT molecular complexity index is 1940. The SMILES string of the molecule is Cc1ccc(OP(Oc2ccc(C)cc2C(C)(C)C)OP(O)(O)(c2ccc(C(C)(C)C)cc2C(C)(C)C)c2ccc(C(C)(C)C)cc2C(C)(C)C)c(C(C)(C)C)c1. The Morgan fingerprint density at radius 3 is 1.00 bits per heavy atom. The molecule has 0 bridgehead atoms. The van der Waals surface area contributed by atoms with E-state index in [9.17, 15) is 9.79 Å². The van der Waals surface area contributed by atoms with Gasteiger partial charge in [0, 0.05) is 0 Å². The minimum absolute atomic E-state index is 0.186. The third-order valence-electron chi connectivity index (χ3n) is 10.7. The van der Waals surface area contributed by atoms with Crippen LogP contribution < -0.4 is 19.7 Å². The zero-order valence-corrected chi connectivity index (χ0v) is 40.7. The van der Waals surface area contributed by atoms with Gasteiger partial charge in [-0.1, -0.05) is 0 Å². The summed E-state index contributed by atoms with van der Waals surface area (Å²) in [5.74, 6) is 1.14. The van der Waals surface area contributed by atoms with Crippen LogP contribution in [0, 0.1) is 13.8 Å². The van der Waals surface area contributed by atoms with Crippen molar-refractivity contribution in [2.45, 2.75) is 171 Å². The molecule has 4 aromatic carbocycles. The summed E-state index contributed by atoms with van der Waals surface area (Å²) in [5.41, 5.74) is 5.93. The normalized spacial score (nSPS) is 14.4. The zero-order valence-electron chi connectivity index (χ0n) is 38.9. The molecule has 0 aromatic heterocycles. The molecule has 0 aliphatic heterocycles. The van der Waals surface area contributed by atoms with E-state index in [1.165, 1.54) is 0 Å². The first-order valence-corrected chi connectivity index (χ1v) is 23.6. The number of benzene rings is 4. The molecule has 0 fully saturated rings. The van der Waals surface area contributed by atoms with Gasteiger partial charge in [-0.3, -0.25) is 0 Å². The first-order chi connectivity index (χ1) is 25.5. The van der Waals surface area contributed by atoms with E-state index in [1.807, 2.05) is 48.5 Å². The molecule has 57 heavy (non-hydrogen) atoms. The molecule has 0 saturated carbocycles. The molecule has 0 amide bonds. The average Bonchev–Trinajstić information content (AvgIpc) is 3.03. The van der Waals surface area contributed by atoms with Gasteiger partial charge in [-0.2, -0.15) is 0 Å².